The van der Waals surface area contributed by atoms with E-state index in [1.165, 1.54) is 18.7 Å². The second kappa shape index (κ2) is 9.11. The number of nitrogens with zero attached hydrogens (tertiary/aromatic N) is 5. The highest BCUT2D eigenvalue weighted by Crippen LogP contribution is 2.31. The van der Waals surface area contributed by atoms with Gasteiger partial charge in [-0.1, -0.05) is 0 Å². The molecule has 1 aliphatic carbocycles. The summed E-state index contributed by atoms with van der Waals surface area (Å²) in [5.74, 6) is -0.0493. The molecule has 0 atom stereocenters. The molecule has 0 radical (unpaired) electrons. The Labute approximate surface area is 184 Å². The van der Waals surface area contributed by atoms with Gasteiger partial charge in [0.05, 0.1) is 12.3 Å². The van der Waals surface area contributed by atoms with E-state index in [2.05, 4.69) is 10.3 Å². The lowest BCUT2D eigenvalue weighted by Gasteiger charge is -2.36. The van der Waals surface area contributed by atoms with Crippen LogP contribution in [0.1, 0.15) is 12.8 Å². The van der Waals surface area contributed by atoms with Gasteiger partial charge >= 0.3 is 5.69 Å². The van der Waals surface area contributed by atoms with Gasteiger partial charge in [0.2, 0.25) is 11.8 Å². The zero-order chi connectivity index (χ0) is 22.8. The third-order valence-electron chi connectivity index (χ3n) is 5.99. The Balaban J connectivity index is 1.63. The number of methoxy groups -OCH3 is 1. The first kappa shape index (κ1) is 22.0. The maximum atomic E-state index is 13.3. The lowest BCUT2D eigenvalue weighted by Crippen LogP contribution is -2.50. The Kier molecular flexibility index (Phi) is 6.26. The van der Waals surface area contributed by atoms with E-state index in [4.69, 9.17) is 4.74 Å². The minimum Gasteiger partial charge on any atom is -0.383 e. The van der Waals surface area contributed by atoms with Gasteiger partial charge in [-0.05, 0) is 18.9 Å². The SMILES string of the molecule is COCCNC(=O)Cn1c(=O)c2c(N3CCN(C(=O)C4CC4)CC3)ccnc2n(C)c1=O. The first-order valence-corrected chi connectivity index (χ1v) is 10.8. The van der Waals surface area contributed by atoms with Gasteiger partial charge in [-0.25, -0.2) is 9.78 Å². The highest BCUT2D eigenvalue weighted by Gasteiger charge is 2.35. The van der Waals surface area contributed by atoms with Crippen molar-refractivity contribution in [3.63, 3.8) is 0 Å². The number of amides is 2. The standard InChI is InChI=1S/C21H28N6O5/c1-24-18-17(20(30)27(21(24)31)13-16(28)22-7-12-32-2)15(5-6-23-18)25-8-10-26(11-9-25)19(29)14-3-4-14/h5-6,14H,3-4,7-13H2,1-2H3,(H,22,28). The van der Waals surface area contributed by atoms with E-state index in [-0.39, 0.29) is 30.6 Å². The number of piperazine rings is 1. The summed E-state index contributed by atoms with van der Waals surface area (Å²) in [5.41, 5.74) is -0.230. The number of aromatic nitrogens is 3. The number of nitrogens with one attached hydrogen (secondary N) is 1. The Morgan fingerprint density at radius 2 is 1.91 bits per heavy atom. The minimum atomic E-state index is -0.603. The maximum Gasteiger partial charge on any atom is 0.332 e. The minimum absolute atomic E-state index is 0.181. The number of rotatable bonds is 7. The summed E-state index contributed by atoms with van der Waals surface area (Å²) in [7, 11) is 3.05. The van der Waals surface area contributed by atoms with E-state index in [1.54, 1.807) is 12.3 Å². The normalized spacial score (nSPS) is 16.4. The van der Waals surface area contributed by atoms with Gasteiger partial charge in [-0.2, -0.15) is 0 Å². The van der Waals surface area contributed by atoms with Crippen LogP contribution in [0.4, 0.5) is 5.69 Å². The third kappa shape index (κ3) is 4.24. The summed E-state index contributed by atoms with van der Waals surface area (Å²) in [5, 5.41) is 2.92. The Hall–Kier alpha value is -3.21. The number of aryl methyl sites for hydroxylation is 1. The lowest BCUT2D eigenvalue weighted by molar-refractivity contribution is -0.132. The molecule has 3 heterocycles. The number of carbonyl (C=O) groups excluding carboxylic acids is 2. The second-order valence-electron chi connectivity index (χ2n) is 8.19. The molecular formula is C21H28N6O5. The molecule has 11 nitrogen and oxygen atoms in total. The molecule has 1 N–H and O–H groups in total. The molecule has 2 fully saturated rings. The average Bonchev–Trinajstić information content (AvgIpc) is 3.65. The van der Waals surface area contributed by atoms with Crippen LogP contribution in [0.15, 0.2) is 21.9 Å². The molecule has 0 unspecified atom stereocenters. The van der Waals surface area contributed by atoms with Crippen LogP contribution in [0.2, 0.25) is 0 Å². The van der Waals surface area contributed by atoms with Gasteiger partial charge < -0.3 is 19.9 Å². The van der Waals surface area contributed by atoms with Crippen molar-refractivity contribution < 1.29 is 14.3 Å². The van der Waals surface area contributed by atoms with Gasteiger partial charge in [-0.15, -0.1) is 0 Å². The van der Waals surface area contributed by atoms with Crippen molar-refractivity contribution in [2.24, 2.45) is 13.0 Å². The molecule has 1 saturated heterocycles. The van der Waals surface area contributed by atoms with Crippen molar-refractivity contribution in [2.45, 2.75) is 19.4 Å². The Bertz CT molecular complexity index is 1140. The van der Waals surface area contributed by atoms with Gasteiger partial charge in [0, 0.05) is 59.0 Å². The van der Waals surface area contributed by atoms with Crippen LogP contribution >= 0.6 is 0 Å². The van der Waals surface area contributed by atoms with Crippen molar-refractivity contribution >= 4 is 28.5 Å². The van der Waals surface area contributed by atoms with Crippen LogP contribution in [0.3, 0.4) is 0 Å². The number of anilines is 1. The quantitative estimate of drug-likeness (QED) is 0.540. The monoisotopic (exact) mass is 444 g/mol. The smallest absolute Gasteiger partial charge is 0.332 e. The average molecular weight is 444 g/mol. The molecule has 2 aliphatic rings. The van der Waals surface area contributed by atoms with Crippen LogP contribution in [0.25, 0.3) is 11.0 Å². The summed E-state index contributed by atoms with van der Waals surface area (Å²) in [4.78, 5) is 58.9. The van der Waals surface area contributed by atoms with Crippen molar-refractivity contribution in [3.8, 4) is 0 Å². The largest absolute Gasteiger partial charge is 0.383 e. The van der Waals surface area contributed by atoms with Crippen LogP contribution in [0.5, 0.6) is 0 Å². The number of ether oxygens (including phenoxy) is 1. The molecule has 2 aromatic heterocycles. The molecule has 2 amide bonds. The summed E-state index contributed by atoms with van der Waals surface area (Å²) >= 11 is 0. The zero-order valence-electron chi connectivity index (χ0n) is 18.4. The molecule has 172 valence electrons. The van der Waals surface area contributed by atoms with E-state index in [0.717, 1.165) is 17.4 Å². The third-order valence-corrected chi connectivity index (χ3v) is 5.99. The molecule has 32 heavy (non-hydrogen) atoms. The van der Waals surface area contributed by atoms with Gasteiger partial charge in [0.1, 0.15) is 11.9 Å². The number of fused-ring (bicyclic) bond motifs is 1. The fourth-order valence-corrected chi connectivity index (χ4v) is 4.05. The highest BCUT2D eigenvalue weighted by atomic mass is 16.5. The van der Waals surface area contributed by atoms with E-state index >= 15 is 0 Å². The highest BCUT2D eigenvalue weighted by molar-refractivity contribution is 5.89. The zero-order valence-corrected chi connectivity index (χ0v) is 18.4. The van der Waals surface area contributed by atoms with E-state index in [1.807, 2.05) is 9.80 Å². The molecule has 11 heteroatoms. The van der Waals surface area contributed by atoms with Crippen LogP contribution in [-0.2, 0) is 27.9 Å². The molecule has 1 saturated carbocycles. The second-order valence-corrected chi connectivity index (χ2v) is 8.19. The predicted molar refractivity (Wildman–Crippen MR) is 118 cm³/mol. The van der Waals surface area contributed by atoms with Gasteiger partial charge in [-0.3, -0.25) is 23.5 Å². The van der Waals surface area contributed by atoms with Gasteiger partial charge in [0.25, 0.3) is 5.56 Å². The molecule has 4 rings (SSSR count). The van der Waals surface area contributed by atoms with E-state index in [9.17, 15) is 19.2 Å². The molecule has 0 bridgehead atoms. The fraction of sp³-hybridized carbons (Fsp3) is 0.571. The van der Waals surface area contributed by atoms with Crippen molar-refractivity contribution in [2.75, 3.05) is 51.3 Å². The molecular weight excluding hydrogens is 416 g/mol. The first-order valence-electron chi connectivity index (χ1n) is 10.8. The number of carbonyl (C=O) groups is 2. The van der Waals surface area contributed by atoms with Crippen molar-refractivity contribution in [1.82, 2.24) is 24.3 Å². The summed E-state index contributed by atoms with van der Waals surface area (Å²) < 4.78 is 7.12. The molecule has 2 aromatic rings. The molecule has 1 aliphatic heterocycles. The summed E-state index contributed by atoms with van der Waals surface area (Å²) in [6.07, 6.45) is 3.52. The van der Waals surface area contributed by atoms with Crippen LogP contribution in [-0.4, -0.2) is 77.3 Å². The van der Waals surface area contributed by atoms with Crippen molar-refractivity contribution in [3.05, 3.63) is 33.1 Å². The predicted octanol–water partition coefficient (Wildman–Crippen LogP) is -1.08. The summed E-state index contributed by atoms with van der Waals surface area (Å²) in [6, 6.07) is 1.75. The number of hydrogen-bond acceptors (Lipinski definition) is 7. The van der Waals surface area contributed by atoms with E-state index < -0.39 is 17.2 Å². The first-order chi connectivity index (χ1) is 15.4. The number of pyridine rings is 1. The topological polar surface area (TPSA) is 119 Å². The molecule has 0 aromatic carbocycles. The molecule has 0 spiro atoms. The fourth-order valence-electron chi connectivity index (χ4n) is 4.05. The lowest BCUT2D eigenvalue weighted by atomic mass is 10.2. The van der Waals surface area contributed by atoms with E-state index in [0.29, 0.717) is 43.9 Å². The Morgan fingerprint density at radius 1 is 1.19 bits per heavy atom. The maximum absolute atomic E-state index is 13.3. The van der Waals surface area contributed by atoms with Crippen LogP contribution < -0.4 is 21.5 Å². The number of hydrogen-bond donors (Lipinski definition) is 1. The van der Waals surface area contributed by atoms with Crippen LogP contribution in [0, 0.1) is 5.92 Å². The summed E-state index contributed by atoms with van der Waals surface area (Å²) in [6.45, 7) is 2.56. The Morgan fingerprint density at radius 3 is 2.56 bits per heavy atom. The van der Waals surface area contributed by atoms with Crippen molar-refractivity contribution in [1.29, 1.82) is 0 Å². The van der Waals surface area contributed by atoms with Gasteiger partial charge in [0.15, 0.2) is 5.65 Å².